The molecule has 3 rings (SSSR count). The first-order chi connectivity index (χ1) is 10.2. The van der Waals surface area contributed by atoms with Gasteiger partial charge in [0.15, 0.2) is 11.4 Å². The molecule has 4 heteroatoms. The first kappa shape index (κ1) is 15.0. The summed E-state index contributed by atoms with van der Waals surface area (Å²) in [5.41, 5.74) is 1.65. The van der Waals surface area contributed by atoms with E-state index in [1.807, 2.05) is 0 Å². The van der Waals surface area contributed by atoms with Gasteiger partial charge in [-0.3, -0.25) is 4.79 Å². The second kappa shape index (κ2) is 6.07. The highest BCUT2D eigenvalue weighted by atomic mass is 32.1. The van der Waals surface area contributed by atoms with E-state index in [0.717, 1.165) is 41.5 Å². The number of nitrogens with zero attached hydrogens (tertiary/aromatic N) is 2. The van der Waals surface area contributed by atoms with E-state index < -0.39 is 0 Å². The summed E-state index contributed by atoms with van der Waals surface area (Å²) in [4.78, 5) is 19.3. The Morgan fingerprint density at radius 3 is 2.52 bits per heavy atom. The zero-order chi connectivity index (χ0) is 14.9. The largest absolute Gasteiger partial charge is 0.348 e. The number of piperidine rings is 1. The number of hydrogen-bond donors (Lipinski definition) is 0. The standard InChI is InChI=1S/C17H26N2OS/c1-3-13(2)15-14(12-20)21-16(18-15)19-10-8-17(9-11-19)6-4-5-7-17/h12-13H,3-11H2,1-2H3. The second-order valence-corrected chi connectivity index (χ2v) is 7.88. The van der Waals surface area contributed by atoms with Crippen molar-refractivity contribution in [3.63, 3.8) is 0 Å². The monoisotopic (exact) mass is 306 g/mol. The van der Waals surface area contributed by atoms with Crippen LogP contribution in [-0.4, -0.2) is 24.4 Å². The molecule has 0 amide bonds. The number of hydrogen-bond acceptors (Lipinski definition) is 4. The SMILES string of the molecule is CCC(C)c1nc(N2CCC3(CCCC3)CC2)sc1C=O. The molecule has 0 radical (unpaired) electrons. The molecule has 1 spiro atoms. The third kappa shape index (κ3) is 2.87. The summed E-state index contributed by atoms with van der Waals surface area (Å²) in [6, 6.07) is 0. The average molecular weight is 306 g/mol. The van der Waals surface area contributed by atoms with Gasteiger partial charge in [0.2, 0.25) is 0 Å². The Labute approximate surface area is 131 Å². The van der Waals surface area contributed by atoms with Crippen LogP contribution in [0.1, 0.15) is 80.1 Å². The number of aldehydes is 1. The molecule has 1 aliphatic carbocycles. The molecular formula is C17H26N2OS. The lowest BCUT2D eigenvalue weighted by Crippen LogP contribution is -2.38. The lowest BCUT2D eigenvalue weighted by atomic mass is 9.77. The van der Waals surface area contributed by atoms with Crippen LogP contribution < -0.4 is 4.90 Å². The smallest absolute Gasteiger partial charge is 0.186 e. The Balaban J connectivity index is 1.73. The highest BCUT2D eigenvalue weighted by Gasteiger charge is 2.37. The lowest BCUT2D eigenvalue weighted by molar-refractivity contribution is 0.112. The summed E-state index contributed by atoms with van der Waals surface area (Å²) in [5.74, 6) is 0.376. The van der Waals surface area contributed by atoms with Gasteiger partial charge in [0.25, 0.3) is 0 Å². The quantitative estimate of drug-likeness (QED) is 0.760. The molecule has 0 aromatic carbocycles. The van der Waals surface area contributed by atoms with E-state index in [2.05, 4.69) is 18.7 Å². The minimum atomic E-state index is 0.376. The zero-order valence-electron chi connectivity index (χ0n) is 13.2. The van der Waals surface area contributed by atoms with Gasteiger partial charge in [0.1, 0.15) is 0 Å². The maximum Gasteiger partial charge on any atom is 0.186 e. The summed E-state index contributed by atoms with van der Waals surface area (Å²) in [6.07, 6.45) is 10.3. The van der Waals surface area contributed by atoms with Gasteiger partial charge in [-0.15, -0.1) is 0 Å². The summed E-state index contributed by atoms with van der Waals surface area (Å²) in [6.45, 7) is 6.55. The first-order valence-corrected chi connectivity index (χ1v) is 9.20. The molecule has 1 aromatic rings. The second-order valence-electron chi connectivity index (χ2n) is 6.87. The summed E-state index contributed by atoms with van der Waals surface area (Å²) < 4.78 is 0. The summed E-state index contributed by atoms with van der Waals surface area (Å²) >= 11 is 1.59. The van der Waals surface area contributed by atoms with Crippen molar-refractivity contribution in [2.45, 2.75) is 64.7 Å². The van der Waals surface area contributed by atoms with Crippen molar-refractivity contribution in [3.8, 4) is 0 Å². The number of aromatic nitrogens is 1. The van der Waals surface area contributed by atoms with E-state index in [1.54, 1.807) is 11.3 Å². The van der Waals surface area contributed by atoms with Crippen LogP contribution in [0.25, 0.3) is 0 Å². The highest BCUT2D eigenvalue weighted by Crippen LogP contribution is 2.47. The maximum atomic E-state index is 11.3. The molecule has 0 N–H and O–H groups in total. The highest BCUT2D eigenvalue weighted by molar-refractivity contribution is 7.17. The minimum absolute atomic E-state index is 0.376. The number of rotatable bonds is 4. The Morgan fingerprint density at radius 2 is 1.95 bits per heavy atom. The molecule has 2 fully saturated rings. The number of thiazole rings is 1. The molecule has 1 aliphatic heterocycles. The average Bonchev–Trinajstić information content (AvgIpc) is 3.14. The van der Waals surface area contributed by atoms with Crippen LogP contribution in [0, 0.1) is 5.41 Å². The van der Waals surface area contributed by atoms with Crippen LogP contribution in [0.5, 0.6) is 0 Å². The van der Waals surface area contributed by atoms with Gasteiger partial charge < -0.3 is 4.90 Å². The van der Waals surface area contributed by atoms with Gasteiger partial charge in [-0.05, 0) is 43.4 Å². The number of carbonyl (C=O) groups is 1. The molecule has 2 heterocycles. The molecule has 1 saturated heterocycles. The Morgan fingerprint density at radius 1 is 1.29 bits per heavy atom. The maximum absolute atomic E-state index is 11.3. The fraction of sp³-hybridized carbons (Fsp3) is 0.765. The Kier molecular flexibility index (Phi) is 4.34. The van der Waals surface area contributed by atoms with E-state index in [4.69, 9.17) is 4.98 Å². The molecule has 3 nitrogen and oxygen atoms in total. The van der Waals surface area contributed by atoms with E-state index in [-0.39, 0.29) is 0 Å². The molecule has 116 valence electrons. The molecule has 1 unspecified atom stereocenters. The van der Waals surface area contributed by atoms with E-state index >= 15 is 0 Å². The normalized spacial score (nSPS) is 22.7. The van der Waals surface area contributed by atoms with Crippen molar-refractivity contribution >= 4 is 22.8 Å². The zero-order valence-corrected chi connectivity index (χ0v) is 14.0. The van der Waals surface area contributed by atoms with Crippen LogP contribution in [-0.2, 0) is 0 Å². The lowest BCUT2D eigenvalue weighted by Gasteiger charge is -2.39. The summed E-state index contributed by atoms with van der Waals surface area (Å²) in [7, 11) is 0. The van der Waals surface area contributed by atoms with Crippen molar-refractivity contribution in [1.29, 1.82) is 0 Å². The van der Waals surface area contributed by atoms with Crippen molar-refractivity contribution in [2.24, 2.45) is 5.41 Å². The first-order valence-electron chi connectivity index (χ1n) is 8.38. The molecule has 2 aliphatic rings. The van der Waals surface area contributed by atoms with Gasteiger partial charge in [0.05, 0.1) is 10.6 Å². The van der Waals surface area contributed by atoms with Crippen LogP contribution in [0.3, 0.4) is 0 Å². The van der Waals surface area contributed by atoms with Gasteiger partial charge in [0, 0.05) is 13.1 Å². The van der Waals surface area contributed by atoms with Crippen molar-refractivity contribution < 1.29 is 4.79 Å². The Bertz CT molecular complexity index is 495. The number of carbonyl (C=O) groups excluding carboxylic acids is 1. The molecule has 1 atom stereocenters. The third-order valence-electron chi connectivity index (χ3n) is 5.61. The molecule has 1 aromatic heterocycles. The van der Waals surface area contributed by atoms with E-state index in [0.29, 0.717) is 11.3 Å². The molecular weight excluding hydrogens is 280 g/mol. The van der Waals surface area contributed by atoms with Gasteiger partial charge in [-0.2, -0.15) is 0 Å². The van der Waals surface area contributed by atoms with Crippen LogP contribution in [0.4, 0.5) is 5.13 Å². The van der Waals surface area contributed by atoms with Crippen molar-refractivity contribution in [2.75, 3.05) is 18.0 Å². The topological polar surface area (TPSA) is 33.2 Å². The molecule has 1 saturated carbocycles. The van der Waals surface area contributed by atoms with Crippen molar-refractivity contribution in [1.82, 2.24) is 4.98 Å². The molecule has 0 bridgehead atoms. The van der Waals surface area contributed by atoms with Crippen LogP contribution in [0.2, 0.25) is 0 Å². The van der Waals surface area contributed by atoms with E-state index in [1.165, 1.54) is 38.5 Å². The fourth-order valence-electron chi connectivity index (χ4n) is 3.90. The fourth-order valence-corrected chi connectivity index (χ4v) is 4.95. The van der Waals surface area contributed by atoms with Crippen LogP contribution >= 0.6 is 11.3 Å². The predicted octanol–water partition coefficient (Wildman–Crippen LogP) is 4.63. The van der Waals surface area contributed by atoms with Gasteiger partial charge >= 0.3 is 0 Å². The summed E-state index contributed by atoms with van der Waals surface area (Å²) in [5, 5.41) is 1.07. The van der Waals surface area contributed by atoms with Crippen molar-refractivity contribution in [3.05, 3.63) is 10.6 Å². The van der Waals surface area contributed by atoms with E-state index in [9.17, 15) is 4.79 Å². The minimum Gasteiger partial charge on any atom is -0.348 e. The number of anilines is 1. The van der Waals surface area contributed by atoms with Gasteiger partial charge in [-0.1, -0.05) is 38.0 Å². The Hall–Kier alpha value is -0.900. The third-order valence-corrected chi connectivity index (χ3v) is 6.67. The van der Waals surface area contributed by atoms with Gasteiger partial charge in [-0.25, -0.2) is 4.98 Å². The molecule has 21 heavy (non-hydrogen) atoms. The van der Waals surface area contributed by atoms with Crippen LogP contribution in [0.15, 0.2) is 0 Å². The predicted molar refractivity (Wildman–Crippen MR) is 88.6 cm³/mol.